The van der Waals surface area contributed by atoms with E-state index in [4.69, 9.17) is 16.3 Å². The second-order valence-electron chi connectivity index (χ2n) is 6.47. The van der Waals surface area contributed by atoms with E-state index >= 15 is 0 Å². The van der Waals surface area contributed by atoms with E-state index in [0.29, 0.717) is 23.7 Å². The van der Waals surface area contributed by atoms with Crippen molar-refractivity contribution < 1.29 is 9.84 Å². The van der Waals surface area contributed by atoms with Crippen LogP contribution in [0.3, 0.4) is 0 Å². The maximum atomic E-state index is 10.0. The molecular weight excluding hydrogens is 274 g/mol. The van der Waals surface area contributed by atoms with Gasteiger partial charge in [0.1, 0.15) is 12.4 Å². The van der Waals surface area contributed by atoms with Crippen LogP contribution in [0, 0.1) is 0 Å². The molecule has 4 heteroatoms. The number of benzene rings is 1. The molecule has 0 radical (unpaired) electrons. The third-order valence-corrected chi connectivity index (χ3v) is 3.44. The van der Waals surface area contributed by atoms with Gasteiger partial charge in [-0.3, -0.25) is 0 Å². The zero-order chi connectivity index (χ0) is 15.4. The van der Waals surface area contributed by atoms with Crippen LogP contribution in [0.5, 0.6) is 5.75 Å². The largest absolute Gasteiger partial charge is 0.489 e. The van der Waals surface area contributed by atoms with Gasteiger partial charge in [-0.1, -0.05) is 30.7 Å². The van der Waals surface area contributed by atoms with Crippen LogP contribution in [0.25, 0.3) is 0 Å². The molecule has 0 fully saturated rings. The molecule has 0 aliphatic rings. The fourth-order valence-electron chi connectivity index (χ4n) is 1.54. The van der Waals surface area contributed by atoms with E-state index in [9.17, 15) is 5.11 Å². The molecule has 0 aliphatic heterocycles. The van der Waals surface area contributed by atoms with Crippen molar-refractivity contribution in [1.29, 1.82) is 0 Å². The summed E-state index contributed by atoms with van der Waals surface area (Å²) in [6, 6.07) is 5.70. The lowest BCUT2D eigenvalue weighted by atomic mass is 10.1. The molecule has 1 atom stereocenters. The molecule has 2 N–H and O–H groups in total. The molecule has 0 saturated heterocycles. The SMILES string of the molecule is CCC(C)(O)COc1c(Cl)cccc1CNC(C)(C)C. The molecule has 0 bridgehead atoms. The number of hydrogen-bond acceptors (Lipinski definition) is 3. The summed E-state index contributed by atoms with van der Waals surface area (Å²) in [7, 11) is 0. The number of aliphatic hydroxyl groups is 1. The van der Waals surface area contributed by atoms with Crippen molar-refractivity contribution in [1.82, 2.24) is 5.32 Å². The molecule has 0 amide bonds. The van der Waals surface area contributed by atoms with Crippen LogP contribution in [0.1, 0.15) is 46.6 Å². The molecule has 1 rings (SSSR count). The smallest absolute Gasteiger partial charge is 0.142 e. The predicted octanol–water partition coefficient (Wildman–Crippen LogP) is 3.77. The molecule has 0 aliphatic carbocycles. The minimum atomic E-state index is -0.839. The Morgan fingerprint density at radius 1 is 1.25 bits per heavy atom. The minimum absolute atomic E-state index is 0.0223. The highest BCUT2D eigenvalue weighted by Crippen LogP contribution is 2.30. The Balaban J connectivity index is 2.83. The van der Waals surface area contributed by atoms with Gasteiger partial charge in [-0.15, -0.1) is 0 Å². The molecule has 1 aromatic carbocycles. The van der Waals surface area contributed by atoms with Crippen LogP contribution in [-0.2, 0) is 6.54 Å². The number of halogens is 1. The lowest BCUT2D eigenvalue weighted by molar-refractivity contribution is 0.00817. The second-order valence-corrected chi connectivity index (χ2v) is 6.88. The number of rotatable bonds is 6. The maximum Gasteiger partial charge on any atom is 0.142 e. The van der Waals surface area contributed by atoms with Gasteiger partial charge in [-0.05, 0) is 40.2 Å². The molecule has 1 unspecified atom stereocenters. The van der Waals surface area contributed by atoms with E-state index in [-0.39, 0.29) is 12.1 Å². The molecule has 3 nitrogen and oxygen atoms in total. The van der Waals surface area contributed by atoms with Crippen molar-refractivity contribution >= 4 is 11.6 Å². The van der Waals surface area contributed by atoms with Crippen LogP contribution in [-0.4, -0.2) is 22.9 Å². The van der Waals surface area contributed by atoms with Crippen molar-refractivity contribution in [2.45, 2.75) is 58.7 Å². The Hall–Kier alpha value is -0.770. The average Bonchev–Trinajstić information content (AvgIpc) is 2.34. The molecule has 20 heavy (non-hydrogen) atoms. The third kappa shape index (κ3) is 5.70. The van der Waals surface area contributed by atoms with E-state index in [0.717, 1.165) is 5.56 Å². The Morgan fingerprint density at radius 3 is 2.45 bits per heavy atom. The predicted molar refractivity (Wildman–Crippen MR) is 84.5 cm³/mol. The van der Waals surface area contributed by atoms with Gasteiger partial charge < -0.3 is 15.2 Å². The molecule has 1 aromatic rings. The van der Waals surface area contributed by atoms with E-state index in [1.54, 1.807) is 13.0 Å². The zero-order valence-corrected chi connectivity index (χ0v) is 13.8. The van der Waals surface area contributed by atoms with Gasteiger partial charge >= 0.3 is 0 Å². The van der Waals surface area contributed by atoms with Crippen molar-refractivity contribution in [3.63, 3.8) is 0 Å². The topological polar surface area (TPSA) is 41.5 Å². The van der Waals surface area contributed by atoms with E-state index in [1.165, 1.54) is 0 Å². The molecule has 0 saturated carbocycles. The minimum Gasteiger partial charge on any atom is -0.489 e. The van der Waals surface area contributed by atoms with E-state index < -0.39 is 5.60 Å². The molecular formula is C16H26ClNO2. The van der Waals surface area contributed by atoms with Crippen LogP contribution in [0.15, 0.2) is 18.2 Å². The maximum absolute atomic E-state index is 10.0. The van der Waals surface area contributed by atoms with Crippen LogP contribution < -0.4 is 10.1 Å². The molecule has 0 spiro atoms. The standard InChI is InChI=1S/C16H26ClNO2/c1-6-16(5,19)11-20-14-12(8-7-9-13(14)17)10-18-15(2,3)4/h7-9,18-19H,6,10-11H2,1-5H3. The Labute approximate surface area is 127 Å². The number of nitrogens with one attached hydrogen (secondary N) is 1. The summed E-state index contributed by atoms with van der Waals surface area (Å²) in [6.45, 7) is 10.9. The Morgan fingerprint density at radius 2 is 1.90 bits per heavy atom. The van der Waals surface area contributed by atoms with Gasteiger partial charge in [-0.2, -0.15) is 0 Å². The first-order chi connectivity index (χ1) is 9.14. The van der Waals surface area contributed by atoms with Crippen molar-refractivity contribution in [2.75, 3.05) is 6.61 Å². The van der Waals surface area contributed by atoms with Crippen molar-refractivity contribution in [3.8, 4) is 5.75 Å². The van der Waals surface area contributed by atoms with Crippen LogP contribution in [0.4, 0.5) is 0 Å². The number of para-hydroxylation sites is 1. The first kappa shape index (κ1) is 17.3. The summed E-state index contributed by atoms with van der Waals surface area (Å²) < 4.78 is 5.77. The molecule has 114 valence electrons. The van der Waals surface area contributed by atoms with E-state index in [2.05, 4.69) is 26.1 Å². The summed E-state index contributed by atoms with van der Waals surface area (Å²) in [5, 5.41) is 14.0. The van der Waals surface area contributed by atoms with Gasteiger partial charge in [0.15, 0.2) is 0 Å². The average molecular weight is 300 g/mol. The van der Waals surface area contributed by atoms with Gasteiger partial charge in [-0.25, -0.2) is 0 Å². The molecule has 0 aromatic heterocycles. The third-order valence-electron chi connectivity index (χ3n) is 3.15. The summed E-state index contributed by atoms with van der Waals surface area (Å²) in [5.74, 6) is 0.652. The highest BCUT2D eigenvalue weighted by atomic mass is 35.5. The van der Waals surface area contributed by atoms with Gasteiger partial charge in [0.2, 0.25) is 0 Å². The van der Waals surface area contributed by atoms with Gasteiger partial charge in [0.25, 0.3) is 0 Å². The zero-order valence-electron chi connectivity index (χ0n) is 13.1. The Kier molecular flexibility index (Phi) is 5.87. The monoisotopic (exact) mass is 299 g/mol. The van der Waals surface area contributed by atoms with Gasteiger partial charge in [0, 0.05) is 17.6 Å². The Bertz CT molecular complexity index is 439. The lowest BCUT2D eigenvalue weighted by Gasteiger charge is -2.25. The summed E-state index contributed by atoms with van der Waals surface area (Å²) in [4.78, 5) is 0. The highest BCUT2D eigenvalue weighted by molar-refractivity contribution is 6.32. The number of hydrogen-bond donors (Lipinski definition) is 2. The summed E-state index contributed by atoms with van der Waals surface area (Å²) in [6.07, 6.45) is 0.632. The first-order valence-corrected chi connectivity index (χ1v) is 7.40. The van der Waals surface area contributed by atoms with Crippen molar-refractivity contribution in [3.05, 3.63) is 28.8 Å². The molecule has 0 heterocycles. The van der Waals surface area contributed by atoms with Crippen LogP contribution in [0.2, 0.25) is 5.02 Å². The fourth-order valence-corrected chi connectivity index (χ4v) is 1.79. The van der Waals surface area contributed by atoms with Gasteiger partial charge in [0.05, 0.1) is 10.6 Å². The first-order valence-electron chi connectivity index (χ1n) is 7.02. The lowest BCUT2D eigenvalue weighted by Crippen LogP contribution is -2.35. The van der Waals surface area contributed by atoms with Crippen molar-refractivity contribution in [2.24, 2.45) is 0 Å². The van der Waals surface area contributed by atoms with Crippen LogP contribution >= 0.6 is 11.6 Å². The quantitative estimate of drug-likeness (QED) is 0.840. The summed E-state index contributed by atoms with van der Waals surface area (Å²) in [5.41, 5.74) is 0.182. The number of ether oxygens (including phenoxy) is 1. The second kappa shape index (κ2) is 6.79. The normalized spacial score (nSPS) is 14.9. The summed E-state index contributed by atoms with van der Waals surface area (Å²) >= 11 is 6.22. The fraction of sp³-hybridized carbons (Fsp3) is 0.625. The highest BCUT2D eigenvalue weighted by Gasteiger charge is 2.20. The van der Waals surface area contributed by atoms with E-state index in [1.807, 2.05) is 19.1 Å².